The van der Waals surface area contributed by atoms with Crippen molar-refractivity contribution in [3.8, 4) is 6.07 Å². The van der Waals surface area contributed by atoms with Gasteiger partial charge in [-0.1, -0.05) is 24.3 Å². The average Bonchev–Trinajstić information content (AvgIpc) is 2.54. The van der Waals surface area contributed by atoms with E-state index in [0.717, 1.165) is 23.3 Å². The molecule has 120 valence electrons. The zero-order valence-corrected chi connectivity index (χ0v) is 12.1. The monoisotopic (exact) mass is 321 g/mol. The van der Waals surface area contributed by atoms with Gasteiger partial charge in [-0.25, -0.2) is 4.98 Å². The van der Waals surface area contributed by atoms with Crippen LogP contribution in [0.2, 0.25) is 0 Å². The number of rotatable bonds is 5. The standard InChI is InChI=1S/C16H14F3N3O/c17-16(18,19)14-6-5-13(9-20)15(22-14)21-8-7-11-1-3-12(10-23)4-2-11/h1-6,23H,7-8,10H2,(H,21,22). The number of hydrogen-bond donors (Lipinski definition) is 2. The van der Waals surface area contributed by atoms with Crippen LogP contribution in [-0.2, 0) is 19.2 Å². The van der Waals surface area contributed by atoms with Crippen molar-refractivity contribution < 1.29 is 18.3 Å². The summed E-state index contributed by atoms with van der Waals surface area (Å²) in [6, 6.07) is 10.9. The maximum atomic E-state index is 12.7. The maximum absolute atomic E-state index is 12.7. The number of pyridine rings is 1. The van der Waals surface area contributed by atoms with Crippen LogP contribution in [0.3, 0.4) is 0 Å². The third-order valence-electron chi connectivity index (χ3n) is 3.22. The molecule has 0 radical (unpaired) electrons. The van der Waals surface area contributed by atoms with E-state index in [1.165, 1.54) is 0 Å². The Morgan fingerprint density at radius 1 is 1.09 bits per heavy atom. The lowest BCUT2D eigenvalue weighted by atomic mass is 10.1. The van der Waals surface area contributed by atoms with Crippen LogP contribution in [0.1, 0.15) is 22.4 Å². The van der Waals surface area contributed by atoms with Gasteiger partial charge in [-0.3, -0.25) is 0 Å². The van der Waals surface area contributed by atoms with Crippen molar-refractivity contribution in [2.24, 2.45) is 0 Å². The molecule has 0 saturated carbocycles. The number of hydrogen-bond acceptors (Lipinski definition) is 4. The first kappa shape index (κ1) is 16.8. The highest BCUT2D eigenvalue weighted by molar-refractivity contribution is 5.52. The number of benzene rings is 1. The molecule has 0 spiro atoms. The van der Waals surface area contributed by atoms with Gasteiger partial charge in [0.1, 0.15) is 17.6 Å². The smallest absolute Gasteiger partial charge is 0.392 e. The summed E-state index contributed by atoms with van der Waals surface area (Å²) in [5.41, 5.74) is 0.771. The number of aromatic nitrogens is 1. The molecule has 7 heteroatoms. The normalized spacial score (nSPS) is 11.1. The van der Waals surface area contributed by atoms with E-state index in [4.69, 9.17) is 10.4 Å². The highest BCUT2D eigenvalue weighted by atomic mass is 19.4. The Hall–Kier alpha value is -2.59. The van der Waals surface area contributed by atoms with Gasteiger partial charge in [-0.15, -0.1) is 0 Å². The second-order valence-corrected chi connectivity index (χ2v) is 4.85. The fourth-order valence-electron chi connectivity index (χ4n) is 1.98. The molecular formula is C16H14F3N3O. The van der Waals surface area contributed by atoms with E-state index < -0.39 is 11.9 Å². The summed E-state index contributed by atoms with van der Waals surface area (Å²) in [6.07, 6.45) is -4.00. The molecule has 4 nitrogen and oxygen atoms in total. The van der Waals surface area contributed by atoms with Crippen LogP contribution in [0, 0.1) is 11.3 Å². The van der Waals surface area contributed by atoms with Crippen molar-refractivity contribution in [1.29, 1.82) is 5.26 Å². The fourth-order valence-corrected chi connectivity index (χ4v) is 1.98. The van der Waals surface area contributed by atoms with Crippen molar-refractivity contribution >= 4 is 5.82 Å². The lowest BCUT2D eigenvalue weighted by molar-refractivity contribution is -0.141. The first-order valence-electron chi connectivity index (χ1n) is 6.85. The molecule has 0 aliphatic heterocycles. The van der Waals surface area contributed by atoms with Crippen LogP contribution in [0.5, 0.6) is 0 Å². The molecule has 2 rings (SSSR count). The van der Waals surface area contributed by atoms with E-state index in [1.54, 1.807) is 12.1 Å². The highest BCUT2D eigenvalue weighted by Gasteiger charge is 2.33. The van der Waals surface area contributed by atoms with Gasteiger partial charge in [0.15, 0.2) is 0 Å². The third kappa shape index (κ3) is 4.44. The number of aliphatic hydroxyl groups excluding tert-OH is 1. The Bertz CT molecular complexity index is 706. The quantitative estimate of drug-likeness (QED) is 0.888. The van der Waals surface area contributed by atoms with E-state index in [1.807, 2.05) is 18.2 Å². The Kier molecular flexibility index (Phi) is 5.19. The number of nitrogens with one attached hydrogen (secondary N) is 1. The minimum Gasteiger partial charge on any atom is -0.392 e. The van der Waals surface area contributed by atoms with E-state index in [9.17, 15) is 13.2 Å². The summed E-state index contributed by atoms with van der Waals surface area (Å²) >= 11 is 0. The first-order chi connectivity index (χ1) is 10.9. The van der Waals surface area contributed by atoms with E-state index in [-0.39, 0.29) is 18.0 Å². The summed E-state index contributed by atoms with van der Waals surface area (Å²) < 4.78 is 38.0. The van der Waals surface area contributed by atoms with Gasteiger partial charge in [-0.05, 0) is 29.7 Å². The summed E-state index contributed by atoms with van der Waals surface area (Å²) in [7, 11) is 0. The first-order valence-corrected chi connectivity index (χ1v) is 6.85. The lowest BCUT2D eigenvalue weighted by Crippen LogP contribution is -2.13. The number of alkyl halides is 3. The predicted octanol–water partition coefficient (Wildman–Crippen LogP) is 3.12. The molecule has 0 aliphatic rings. The Balaban J connectivity index is 2.05. The van der Waals surface area contributed by atoms with Gasteiger partial charge in [0.25, 0.3) is 0 Å². The maximum Gasteiger partial charge on any atom is 0.433 e. The molecule has 2 N–H and O–H groups in total. The van der Waals surface area contributed by atoms with Gasteiger partial charge in [0.05, 0.1) is 12.2 Å². The minimum absolute atomic E-state index is 0.0434. The van der Waals surface area contributed by atoms with Gasteiger partial charge >= 0.3 is 6.18 Å². The molecule has 0 amide bonds. The van der Waals surface area contributed by atoms with Gasteiger partial charge in [0.2, 0.25) is 0 Å². The molecule has 0 bridgehead atoms. The molecule has 23 heavy (non-hydrogen) atoms. The molecule has 0 unspecified atom stereocenters. The van der Waals surface area contributed by atoms with Crippen molar-refractivity contribution in [2.75, 3.05) is 11.9 Å². The molecule has 1 aromatic heterocycles. The predicted molar refractivity (Wildman–Crippen MR) is 78.5 cm³/mol. The SMILES string of the molecule is N#Cc1ccc(C(F)(F)F)nc1NCCc1ccc(CO)cc1. The Morgan fingerprint density at radius 3 is 2.30 bits per heavy atom. The second-order valence-electron chi connectivity index (χ2n) is 4.85. The van der Waals surface area contributed by atoms with Crippen molar-refractivity contribution in [3.63, 3.8) is 0 Å². The molecular weight excluding hydrogens is 307 g/mol. The van der Waals surface area contributed by atoms with Crippen molar-refractivity contribution in [2.45, 2.75) is 19.2 Å². The summed E-state index contributed by atoms with van der Waals surface area (Å²) in [4.78, 5) is 3.48. The van der Waals surface area contributed by atoms with Gasteiger partial charge in [-0.2, -0.15) is 18.4 Å². The van der Waals surface area contributed by atoms with Gasteiger partial charge < -0.3 is 10.4 Å². The van der Waals surface area contributed by atoms with Crippen LogP contribution in [-0.4, -0.2) is 16.6 Å². The molecule has 0 atom stereocenters. The topological polar surface area (TPSA) is 68.9 Å². The molecule has 1 aromatic carbocycles. The third-order valence-corrected chi connectivity index (χ3v) is 3.22. The summed E-state index contributed by atoms with van der Waals surface area (Å²) in [6.45, 7) is 0.291. The number of nitrogens with zero attached hydrogens (tertiary/aromatic N) is 2. The fraction of sp³-hybridized carbons (Fsp3) is 0.250. The van der Waals surface area contributed by atoms with Crippen molar-refractivity contribution in [1.82, 2.24) is 4.98 Å². The molecule has 0 saturated heterocycles. The molecule has 1 heterocycles. The number of halogens is 3. The largest absolute Gasteiger partial charge is 0.433 e. The lowest BCUT2D eigenvalue weighted by Gasteiger charge is -2.11. The minimum atomic E-state index is -4.55. The van der Waals surface area contributed by atoms with Crippen LogP contribution in [0.15, 0.2) is 36.4 Å². The number of anilines is 1. The number of nitriles is 1. The van der Waals surface area contributed by atoms with Crippen molar-refractivity contribution in [3.05, 3.63) is 58.8 Å². The summed E-state index contributed by atoms with van der Waals surface area (Å²) in [5, 5.41) is 20.7. The molecule has 0 aliphatic carbocycles. The van der Waals surface area contributed by atoms with Crippen LogP contribution in [0.4, 0.5) is 19.0 Å². The number of aliphatic hydroxyl groups is 1. The van der Waals surface area contributed by atoms with Gasteiger partial charge in [0, 0.05) is 6.54 Å². The molecule has 2 aromatic rings. The zero-order valence-electron chi connectivity index (χ0n) is 12.1. The Morgan fingerprint density at radius 2 is 1.74 bits per heavy atom. The van der Waals surface area contributed by atoms with E-state index >= 15 is 0 Å². The Labute approximate surface area is 131 Å². The molecule has 0 fully saturated rings. The summed E-state index contributed by atoms with van der Waals surface area (Å²) in [5.74, 6) is -0.0747. The second kappa shape index (κ2) is 7.11. The van der Waals surface area contributed by atoms with E-state index in [2.05, 4.69) is 10.3 Å². The van der Waals surface area contributed by atoms with Crippen LogP contribution < -0.4 is 5.32 Å². The van der Waals surface area contributed by atoms with Crippen LogP contribution >= 0.6 is 0 Å². The highest BCUT2D eigenvalue weighted by Crippen LogP contribution is 2.29. The average molecular weight is 321 g/mol. The van der Waals surface area contributed by atoms with E-state index in [0.29, 0.717) is 13.0 Å². The zero-order chi connectivity index (χ0) is 16.9. The van der Waals surface area contributed by atoms with Crippen LogP contribution in [0.25, 0.3) is 0 Å².